The topological polar surface area (TPSA) is 46.5 Å². The van der Waals surface area contributed by atoms with E-state index in [2.05, 4.69) is 20.5 Å². The van der Waals surface area contributed by atoms with Crippen LogP contribution in [0.3, 0.4) is 0 Å². The van der Waals surface area contributed by atoms with Crippen LogP contribution in [-0.4, -0.2) is 11.1 Å². The van der Waals surface area contributed by atoms with Crippen molar-refractivity contribution in [3.05, 3.63) is 57.5 Å². The van der Waals surface area contributed by atoms with Gasteiger partial charge in [-0.25, -0.2) is 4.57 Å². The van der Waals surface area contributed by atoms with Crippen LogP contribution >= 0.6 is 46.9 Å². The van der Waals surface area contributed by atoms with Crippen LogP contribution in [0.15, 0.2) is 51.8 Å². The summed E-state index contributed by atoms with van der Waals surface area (Å²) in [5.41, 5.74) is 0.897. The smallest absolute Gasteiger partial charge is 0.420 e. The fraction of sp³-hybridized carbons (Fsp3) is 0.143. The molecule has 23 heavy (non-hydrogen) atoms. The average molecular weight is 444 g/mol. The van der Waals surface area contributed by atoms with Crippen LogP contribution in [0, 0.1) is 0 Å². The molecule has 0 heterocycles. The maximum atomic E-state index is 12.4. The Labute approximate surface area is 149 Å². The lowest BCUT2D eigenvalue weighted by atomic mass is 10.2. The molecule has 0 aliphatic carbocycles. The van der Waals surface area contributed by atoms with Crippen molar-refractivity contribution < 1.29 is 22.8 Å². The Morgan fingerprint density at radius 1 is 1.26 bits per heavy atom. The van der Waals surface area contributed by atoms with Gasteiger partial charge in [0, 0.05) is 15.7 Å². The highest BCUT2D eigenvalue weighted by Gasteiger charge is 2.34. The average Bonchev–Trinajstić information content (AvgIpc) is 2.49. The molecule has 9 heteroatoms. The molecule has 1 N–H and O–H groups in total. The molecule has 2 aromatic rings. The molecular weight excluding hydrogens is 433 g/mol. The van der Waals surface area contributed by atoms with Crippen molar-refractivity contribution in [2.75, 3.05) is 0 Å². The van der Waals surface area contributed by atoms with Crippen LogP contribution < -0.4 is 4.52 Å². The van der Waals surface area contributed by atoms with E-state index in [1.54, 1.807) is 36.0 Å². The predicted molar refractivity (Wildman–Crippen MR) is 91.6 cm³/mol. The molecule has 0 radical (unpaired) electrons. The van der Waals surface area contributed by atoms with Crippen molar-refractivity contribution in [2.24, 2.45) is 0 Å². The number of rotatable bonds is 6. The van der Waals surface area contributed by atoms with Gasteiger partial charge in [-0.05, 0) is 57.9 Å². The summed E-state index contributed by atoms with van der Waals surface area (Å²) < 4.78 is 40.8. The Balaban J connectivity index is 2.04. The molecule has 0 aliphatic heterocycles. The maximum Gasteiger partial charge on any atom is 0.442 e. The van der Waals surface area contributed by atoms with Gasteiger partial charge in [0.25, 0.3) is 0 Å². The van der Waals surface area contributed by atoms with Crippen molar-refractivity contribution in [2.45, 2.75) is 16.8 Å². The molecule has 3 nitrogen and oxygen atoms in total. The molecule has 1 atom stereocenters. The Morgan fingerprint density at radius 3 is 2.48 bits per heavy atom. The summed E-state index contributed by atoms with van der Waals surface area (Å²) in [5.74, 6) is 0.531. The van der Waals surface area contributed by atoms with Gasteiger partial charge in [0.2, 0.25) is 0 Å². The molecule has 0 saturated carbocycles. The lowest BCUT2D eigenvalue weighted by molar-refractivity contribution is 0.188. The van der Waals surface area contributed by atoms with Gasteiger partial charge in [-0.1, -0.05) is 17.7 Å². The molecule has 0 aromatic heterocycles. The zero-order valence-corrected chi connectivity index (χ0v) is 15.5. The van der Waals surface area contributed by atoms with Gasteiger partial charge >= 0.3 is 13.8 Å². The lowest BCUT2D eigenvalue weighted by Crippen LogP contribution is -2.01. The molecule has 0 fully saturated rings. The van der Waals surface area contributed by atoms with Crippen LogP contribution in [-0.2, 0) is 10.3 Å². The summed E-state index contributed by atoms with van der Waals surface area (Å²) in [7, 11) is -4.98. The minimum atomic E-state index is -4.98. The van der Waals surface area contributed by atoms with Crippen molar-refractivity contribution in [1.29, 1.82) is 0 Å². The van der Waals surface area contributed by atoms with Gasteiger partial charge in [-0.15, -0.1) is 11.8 Å². The highest BCUT2D eigenvalue weighted by Crippen LogP contribution is 2.50. The third-order valence-electron chi connectivity index (χ3n) is 2.69. The van der Waals surface area contributed by atoms with E-state index in [0.717, 1.165) is 10.5 Å². The minimum Gasteiger partial charge on any atom is -0.420 e. The minimum absolute atomic E-state index is 0.101. The Kier molecular flexibility index (Phi) is 6.51. The van der Waals surface area contributed by atoms with E-state index < -0.39 is 13.8 Å². The normalized spacial score (nSPS) is 13.8. The van der Waals surface area contributed by atoms with Crippen molar-refractivity contribution in [1.82, 2.24) is 0 Å². The van der Waals surface area contributed by atoms with E-state index in [1.807, 2.05) is 12.1 Å². The zero-order chi connectivity index (χ0) is 17.0. The second-order valence-corrected chi connectivity index (χ2v) is 8.48. The van der Waals surface area contributed by atoms with Gasteiger partial charge in [0.05, 0.1) is 4.47 Å². The second-order valence-electron chi connectivity index (χ2n) is 4.44. The Bertz CT molecular complexity index is 730. The summed E-state index contributed by atoms with van der Waals surface area (Å²) in [5, 5.41) is 0.658. The van der Waals surface area contributed by atoms with E-state index in [-0.39, 0.29) is 5.75 Å². The first kappa shape index (κ1) is 18.7. The number of thioether (sulfide) groups is 1. The quantitative estimate of drug-likeness (QED) is 0.428. The molecular formula is C14H11BrClF2O3PS. The third-order valence-corrected chi connectivity index (χ3v) is 5.60. The fourth-order valence-electron chi connectivity index (χ4n) is 1.59. The molecule has 0 bridgehead atoms. The van der Waals surface area contributed by atoms with Gasteiger partial charge in [0.15, 0.2) is 0 Å². The summed E-state index contributed by atoms with van der Waals surface area (Å²) in [6.07, 6.45) is -3.45. The molecule has 1 unspecified atom stereocenters. The lowest BCUT2D eigenvalue weighted by Gasteiger charge is -2.14. The van der Waals surface area contributed by atoms with Crippen LogP contribution in [0.5, 0.6) is 5.75 Å². The van der Waals surface area contributed by atoms with E-state index >= 15 is 0 Å². The number of hydrogen-bond donors (Lipinski definition) is 1. The molecule has 0 spiro atoms. The van der Waals surface area contributed by atoms with Crippen molar-refractivity contribution >= 4 is 46.9 Å². The van der Waals surface area contributed by atoms with E-state index in [1.165, 1.54) is 6.07 Å². The summed E-state index contributed by atoms with van der Waals surface area (Å²) in [6, 6.07) is 12.1. The number of hydrogen-bond acceptors (Lipinski definition) is 3. The SMILES string of the molecule is O=P(O)(Oc1ccc(CSc2ccc(Cl)cc2)cc1Br)C(F)F. The van der Waals surface area contributed by atoms with Gasteiger partial charge in [0.1, 0.15) is 5.75 Å². The number of alkyl halides is 2. The van der Waals surface area contributed by atoms with Gasteiger partial charge in [-0.2, -0.15) is 8.78 Å². The highest BCUT2D eigenvalue weighted by molar-refractivity contribution is 9.10. The third kappa shape index (κ3) is 5.47. The van der Waals surface area contributed by atoms with Crippen LogP contribution in [0.4, 0.5) is 8.78 Å². The largest absolute Gasteiger partial charge is 0.442 e. The van der Waals surface area contributed by atoms with E-state index in [0.29, 0.717) is 15.2 Å². The first-order valence-corrected chi connectivity index (χ1v) is 10.1. The molecule has 2 rings (SSSR count). The molecule has 124 valence electrons. The first-order chi connectivity index (χ1) is 10.8. The summed E-state index contributed by atoms with van der Waals surface area (Å²) in [4.78, 5) is 10.1. The van der Waals surface area contributed by atoms with E-state index in [9.17, 15) is 13.3 Å². The van der Waals surface area contributed by atoms with Crippen LogP contribution in [0.2, 0.25) is 5.02 Å². The van der Waals surface area contributed by atoms with Gasteiger partial charge < -0.3 is 9.42 Å². The zero-order valence-electron chi connectivity index (χ0n) is 11.5. The number of halogens is 4. The molecule has 0 aliphatic rings. The van der Waals surface area contributed by atoms with E-state index in [4.69, 9.17) is 16.5 Å². The van der Waals surface area contributed by atoms with Crippen molar-refractivity contribution in [3.8, 4) is 5.75 Å². The highest BCUT2D eigenvalue weighted by atomic mass is 79.9. The second kappa shape index (κ2) is 7.99. The van der Waals surface area contributed by atoms with Crippen LogP contribution in [0.25, 0.3) is 0 Å². The molecule has 0 saturated heterocycles. The maximum absolute atomic E-state index is 12.4. The summed E-state index contributed by atoms with van der Waals surface area (Å²) in [6.45, 7) is 0. The molecule has 0 amide bonds. The van der Waals surface area contributed by atoms with Gasteiger partial charge in [-0.3, -0.25) is 0 Å². The van der Waals surface area contributed by atoms with Crippen LogP contribution in [0.1, 0.15) is 5.56 Å². The summed E-state index contributed by atoms with van der Waals surface area (Å²) >= 11 is 10.5. The molecule has 2 aromatic carbocycles. The van der Waals surface area contributed by atoms with Crippen molar-refractivity contribution in [3.63, 3.8) is 0 Å². The Hall–Kier alpha value is -0.590. The monoisotopic (exact) mass is 442 g/mol. The number of benzene rings is 2. The first-order valence-electron chi connectivity index (χ1n) is 6.25. The Morgan fingerprint density at radius 2 is 1.91 bits per heavy atom. The predicted octanol–water partition coefficient (Wildman–Crippen LogP) is 6.18. The standard InChI is InChI=1S/C14H11BrClF2O3PS/c15-12-7-9(8-23-11-4-2-10(16)3-5-11)1-6-13(12)21-22(19,20)14(17)18/h1-7,14H,8H2,(H,19,20). The fourth-order valence-corrected chi connectivity index (χ4v) is 3.71.